The molecule has 0 aromatic rings. The highest BCUT2D eigenvalue weighted by Crippen LogP contribution is 2.47. The van der Waals surface area contributed by atoms with Crippen molar-refractivity contribution in [3.8, 4) is 6.19 Å². The van der Waals surface area contributed by atoms with E-state index in [0.29, 0.717) is 0 Å². The van der Waals surface area contributed by atoms with E-state index in [2.05, 4.69) is 13.1 Å². The van der Waals surface area contributed by atoms with Crippen LogP contribution in [0.3, 0.4) is 0 Å². The molecule has 0 radical (unpaired) electrons. The molecule has 1 unspecified atom stereocenters. The van der Waals surface area contributed by atoms with Crippen molar-refractivity contribution in [1.29, 1.82) is 5.26 Å². The summed E-state index contributed by atoms with van der Waals surface area (Å²) in [6.07, 6.45) is 6.01. The summed E-state index contributed by atoms with van der Waals surface area (Å²) in [6.45, 7) is 5.80. The number of nitrogens with zero attached hydrogens (tertiary/aromatic N) is 2. The van der Waals surface area contributed by atoms with Crippen LogP contribution in [-0.4, -0.2) is 31.2 Å². The zero-order chi connectivity index (χ0) is 10.7. The Kier molecular flexibility index (Phi) is 3.48. The van der Waals surface area contributed by atoms with Crippen molar-refractivity contribution in [1.82, 2.24) is 4.90 Å². The molecule has 1 saturated heterocycles. The molecular weight excluding hydrogens is 188 g/mol. The molecule has 2 atom stereocenters. The van der Waals surface area contributed by atoms with E-state index in [1.54, 1.807) is 0 Å². The lowest BCUT2D eigenvalue weighted by Crippen LogP contribution is -2.30. The Morgan fingerprint density at radius 2 is 2.13 bits per heavy atom. The van der Waals surface area contributed by atoms with Gasteiger partial charge in [-0.3, -0.25) is 0 Å². The SMILES string of the molecule is CCOCC1C[C@@H]1C1CCN(C#N)CC1. The summed E-state index contributed by atoms with van der Waals surface area (Å²) in [5.41, 5.74) is 0. The van der Waals surface area contributed by atoms with Crippen LogP contribution in [0.2, 0.25) is 0 Å². The molecule has 15 heavy (non-hydrogen) atoms. The minimum Gasteiger partial charge on any atom is -0.381 e. The average Bonchev–Trinajstić information content (AvgIpc) is 3.06. The predicted molar refractivity (Wildman–Crippen MR) is 58.0 cm³/mol. The zero-order valence-electron chi connectivity index (χ0n) is 9.48. The summed E-state index contributed by atoms with van der Waals surface area (Å²) in [7, 11) is 0. The topological polar surface area (TPSA) is 36.3 Å². The first-order valence-corrected chi connectivity index (χ1v) is 6.07. The maximum Gasteiger partial charge on any atom is 0.179 e. The van der Waals surface area contributed by atoms with E-state index in [9.17, 15) is 0 Å². The third-order valence-electron chi connectivity index (χ3n) is 3.80. The van der Waals surface area contributed by atoms with Crippen LogP contribution in [0, 0.1) is 29.2 Å². The quantitative estimate of drug-likeness (QED) is 0.661. The molecule has 0 spiro atoms. The average molecular weight is 208 g/mol. The Labute approximate surface area is 92.0 Å². The molecule has 2 rings (SSSR count). The summed E-state index contributed by atoms with van der Waals surface area (Å²) in [6, 6.07) is 0. The summed E-state index contributed by atoms with van der Waals surface area (Å²) in [5.74, 6) is 2.58. The lowest BCUT2D eigenvalue weighted by molar-refractivity contribution is 0.125. The van der Waals surface area contributed by atoms with Crippen LogP contribution in [0.5, 0.6) is 0 Å². The van der Waals surface area contributed by atoms with Gasteiger partial charge < -0.3 is 9.64 Å². The normalized spacial score (nSPS) is 31.3. The number of rotatable bonds is 4. The summed E-state index contributed by atoms with van der Waals surface area (Å²) < 4.78 is 5.46. The predicted octanol–water partition coefficient (Wildman–Crippen LogP) is 1.85. The van der Waals surface area contributed by atoms with Crippen LogP contribution >= 0.6 is 0 Å². The lowest BCUT2D eigenvalue weighted by atomic mass is 9.91. The van der Waals surface area contributed by atoms with E-state index in [1.807, 2.05) is 4.90 Å². The molecular formula is C12H20N2O. The number of piperidine rings is 1. The smallest absolute Gasteiger partial charge is 0.179 e. The largest absolute Gasteiger partial charge is 0.381 e. The highest BCUT2D eigenvalue weighted by atomic mass is 16.5. The van der Waals surface area contributed by atoms with Crippen LogP contribution in [0.1, 0.15) is 26.2 Å². The molecule has 84 valence electrons. The van der Waals surface area contributed by atoms with Gasteiger partial charge in [-0.05, 0) is 43.9 Å². The Bertz CT molecular complexity index is 240. The summed E-state index contributed by atoms with van der Waals surface area (Å²) in [5, 5.41) is 8.76. The van der Waals surface area contributed by atoms with E-state index in [1.165, 1.54) is 19.3 Å². The molecule has 0 amide bonds. The van der Waals surface area contributed by atoms with Gasteiger partial charge in [-0.15, -0.1) is 0 Å². The first-order valence-electron chi connectivity index (χ1n) is 6.07. The Balaban J connectivity index is 1.68. The number of hydrogen-bond acceptors (Lipinski definition) is 3. The first-order chi connectivity index (χ1) is 7.35. The van der Waals surface area contributed by atoms with Crippen LogP contribution in [-0.2, 0) is 4.74 Å². The molecule has 2 aliphatic rings. The van der Waals surface area contributed by atoms with Crippen LogP contribution in [0.4, 0.5) is 0 Å². The zero-order valence-corrected chi connectivity index (χ0v) is 9.48. The van der Waals surface area contributed by atoms with Gasteiger partial charge in [0.2, 0.25) is 0 Å². The number of ether oxygens (including phenoxy) is 1. The molecule has 0 aromatic heterocycles. The van der Waals surface area contributed by atoms with Crippen LogP contribution in [0.25, 0.3) is 0 Å². The minimum absolute atomic E-state index is 0.823. The molecule has 0 N–H and O–H groups in total. The van der Waals surface area contributed by atoms with Gasteiger partial charge in [0.15, 0.2) is 6.19 Å². The van der Waals surface area contributed by atoms with E-state index < -0.39 is 0 Å². The minimum atomic E-state index is 0.823. The maximum absolute atomic E-state index is 8.76. The third kappa shape index (κ3) is 2.63. The fourth-order valence-corrected chi connectivity index (χ4v) is 2.74. The van der Waals surface area contributed by atoms with Crippen molar-refractivity contribution in [2.24, 2.45) is 17.8 Å². The molecule has 0 aromatic carbocycles. The van der Waals surface area contributed by atoms with Crippen LogP contribution < -0.4 is 0 Å². The maximum atomic E-state index is 8.76. The molecule has 3 heteroatoms. The van der Waals surface area contributed by atoms with Crippen molar-refractivity contribution in [2.45, 2.75) is 26.2 Å². The Morgan fingerprint density at radius 3 is 2.73 bits per heavy atom. The monoisotopic (exact) mass is 208 g/mol. The van der Waals surface area contributed by atoms with Crippen molar-refractivity contribution >= 4 is 0 Å². The molecule has 1 aliphatic heterocycles. The van der Waals surface area contributed by atoms with Crippen molar-refractivity contribution in [3.63, 3.8) is 0 Å². The summed E-state index contributed by atoms with van der Waals surface area (Å²) in [4.78, 5) is 1.89. The lowest BCUT2D eigenvalue weighted by Gasteiger charge is -2.28. The number of nitriles is 1. The fourth-order valence-electron chi connectivity index (χ4n) is 2.74. The van der Waals surface area contributed by atoms with E-state index >= 15 is 0 Å². The standard InChI is InChI=1S/C12H20N2O/c1-2-15-8-11-7-12(11)10-3-5-14(9-13)6-4-10/h10-12H,2-8H2,1H3/t11?,12-/m1/s1. The second-order valence-corrected chi connectivity index (χ2v) is 4.74. The molecule has 1 saturated carbocycles. The molecule has 1 heterocycles. The molecule has 2 fully saturated rings. The molecule has 3 nitrogen and oxygen atoms in total. The Morgan fingerprint density at radius 1 is 1.40 bits per heavy atom. The van der Waals surface area contributed by atoms with Crippen molar-refractivity contribution in [2.75, 3.05) is 26.3 Å². The third-order valence-corrected chi connectivity index (χ3v) is 3.80. The van der Waals surface area contributed by atoms with Gasteiger partial charge in [-0.2, -0.15) is 5.26 Å². The first kappa shape index (κ1) is 10.8. The second kappa shape index (κ2) is 4.85. The van der Waals surface area contributed by atoms with Gasteiger partial charge in [0, 0.05) is 26.3 Å². The van der Waals surface area contributed by atoms with Crippen molar-refractivity contribution < 1.29 is 4.74 Å². The van der Waals surface area contributed by atoms with Crippen LogP contribution in [0.15, 0.2) is 0 Å². The van der Waals surface area contributed by atoms with Gasteiger partial charge in [-0.25, -0.2) is 0 Å². The number of likely N-dealkylation sites (tertiary alicyclic amines) is 1. The highest BCUT2D eigenvalue weighted by Gasteiger charge is 2.43. The van der Waals surface area contributed by atoms with E-state index in [4.69, 9.17) is 10.00 Å². The van der Waals surface area contributed by atoms with Gasteiger partial charge in [-0.1, -0.05) is 0 Å². The summed E-state index contributed by atoms with van der Waals surface area (Å²) >= 11 is 0. The van der Waals surface area contributed by atoms with E-state index in [-0.39, 0.29) is 0 Å². The fraction of sp³-hybridized carbons (Fsp3) is 0.917. The second-order valence-electron chi connectivity index (χ2n) is 4.74. The van der Waals surface area contributed by atoms with Gasteiger partial charge in [0.05, 0.1) is 0 Å². The highest BCUT2D eigenvalue weighted by molar-refractivity contribution is 4.94. The molecule has 0 bridgehead atoms. The Hall–Kier alpha value is -0.750. The van der Waals surface area contributed by atoms with Crippen molar-refractivity contribution in [3.05, 3.63) is 0 Å². The number of hydrogen-bond donors (Lipinski definition) is 0. The van der Waals surface area contributed by atoms with Gasteiger partial charge in [0.1, 0.15) is 0 Å². The van der Waals surface area contributed by atoms with Gasteiger partial charge in [0.25, 0.3) is 0 Å². The molecule has 1 aliphatic carbocycles. The van der Waals surface area contributed by atoms with Gasteiger partial charge >= 0.3 is 0 Å². The van der Waals surface area contributed by atoms with E-state index in [0.717, 1.165) is 44.1 Å².